The number of carbonyl (C=O) groups excluding carboxylic acids is 2. The number of amides is 2. The zero-order chi connectivity index (χ0) is 12.7. The van der Waals surface area contributed by atoms with Crippen LogP contribution in [0.4, 0.5) is 0 Å². The van der Waals surface area contributed by atoms with Gasteiger partial charge in [-0.05, 0) is 18.6 Å². The topological polar surface area (TPSA) is 97.1 Å². The molecule has 92 valence electrons. The van der Waals surface area contributed by atoms with Gasteiger partial charge in [0.05, 0.1) is 25.3 Å². The Morgan fingerprint density at radius 1 is 1.35 bits per heavy atom. The van der Waals surface area contributed by atoms with E-state index in [9.17, 15) is 9.59 Å². The second kappa shape index (κ2) is 6.59. The van der Waals surface area contributed by atoms with Gasteiger partial charge in [0.25, 0.3) is 0 Å². The van der Waals surface area contributed by atoms with Crippen molar-refractivity contribution < 1.29 is 9.59 Å². The number of nitrogens with zero attached hydrogens (tertiary/aromatic N) is 1. The summed E-state index contributed by atoms with van der Waals surface area (Å²) >= 11 is 0. The molecule has 1 heterocycles. The highest BCUT2D eigenvalue weighted by Gasteiger charge is 2.05. The summed E-state index contributed by atoms with van der Waals surface area (Å²) in [4.78, 5) is 26.3. The van der Waals surface area contributed by atoms with Gasteiger partial charge in [-0.1, -0.05) is 6.07 Å². The van der Waals surface area contributed by atoms with E-state index in [4.69, 9.17) is 5.73 Å². The number of carbonyl (C=O) groups is 2. The van der Waals surface area contributed by atoms with E-state index in [1.165, 1.54) is 0 Å². The predicted octanol–water partition coefficient (Wildman–Crippen LogP) is -0.919. The Morgan fingerprint density at radius 2 is 2.12 bits per heavy atom. The van der Waals surface area contributed by atoms with Crippen molar-refractivity contribution >= 4 is 11.8 Å². The molecule has 0 radical (unpaired) electrons. The van der Waals surface area contributed by atoms with Crippen LogP contribution >= 0.6 is 0 Å². The molecular formula is C11H16N4O2. The highest BCUT2D eigenvalue weighted by atomic mass is 16.2. The van der Waals surface area contributed by atoms with Crippen LogP contribution in [0.15, 0.2) is 18.3 Å². The lowest BCUT2D eigenvalue weighted by Crippen LogP contribution is -2.39. The number of pyridine rings is 1. The molecule has 0 aliphatic rings. The van der Waals surface area contributed by atoms with Crippen molar-refractivity contribution in [1.29, 1.82) is 0 Å². The van der Waals surface area contributed by atoms with Gasteiger partial charge in [0.1, 0.15) is 0 Å². The van der Waals surface area contributed by atoms with Gasteiger partial charge >= 0.3 is 0 Å². The van der Waals surface area contributed by atoms with Gasteiger partial charge < -0.3 is 16.4 Å². The van der Waals surface area contributed by atoms with E-state index in [1.807, 2.05) is 19.1 Å². The molecule has 0 aliphatic heterocycles. The normalized spacial score (nSPS) is 9.76. The molecule has 6 nitrogen and oxygen atoms in total. The molecule has 1 aromatic rings. The number of aryl methyl sites for hydroxylation is 1. The van der Waals surface area contributed by atoms with E-state index >= 15 is 0 Å². The molecule has 1 aromatic heterocycles. The molecule has 0 spiro atoms. The average Bonchev–Trinajstić information content (AvgIpc) is 2.35. The molecule has 0 saturated carbocycles. The van der Waals surface area contributed by atoms with E-state index in [0.29, 0.717) is 6.54 Å². The average molecular weight is 236 g/mol. The first-order valence-corrected chi connectivity index (χ1v) is 5.27. The van der Waals surface area contributed by atoms with Gasteiger partial charge in [-0.15, -0.1) is 0 Å². The Kier molecular flexibility index (Phi) is 5.09. The number of nitrogens with one attached hydrogen (secondary N) is 2. The van der Waals surface area contributed by atoms with E-state index < -0.39 is 0 Å². The summed E-state index contributed by atoms with van der Waals surface area (Å²) in [5, 5.41) is 5.05. The van der Waals surface area contributed by atoms with E-state index in [-0.39, 0.29) is 24.9 Å². The molecule has 0 bridgehead atoms. The zero-order valence-corrected chi connectivity index (χ0v) is 9.69. The molecule has 0 aromatic carbocycles. The molecule has 17 heavy (non-hydrogen) atoms. The van der Waals surface area contributed by atoms with Gasteiger partial charge in [0.2, 0.25) is 11.8 Å². The number of nitrogens with two attached hydrogens (primary N) is 1. The second-order valence-electron chi connectivity index (χ2n) is 3.52. The molecular weight excluding hydrogens is 220 g/mol. The summed E-state index contributed by atoms with van der Waals surface area (Å²) in [6.45, 7) is 2.09. The molecule has 0 saturated heterocycles. The SMILES string of the molecule is Cc1cccnc1CNC(=O)CNC(=O)CN. The highest BCUT2D eigenvalue weighted by molar-refractivity contribution is 5.85. The minimum atomic E-state index is -0.353. The molecule has 0 atom stereocenters. The summed E-state index contributed by atoms with van der Waals surface area (Å²) < 4.78 is 0. The van der Waals surface area contributed by atoms with Gasteiger partial charge in [0, 0.05) is 6.20 Å². The van der Waals surface area contributed by atoms with Crippen molar-refractivity contribution in [2.75, 3.05) is 13.1 Å². The van der Waals surface area contributed by atoms with Crippen LogP contribution < -0.4 is 16.4 Å². The third-order valence-electron chi connectivity index (χ3n) is 2.20. The first-order chi connectivity index (χ1) is 8.13. The molecule has 4 N–H and O–H groups in total. The largest absolute Gasteiger partial charge is 0.349 e. The van der Waals surface area contributed by atoms with Crippen molar-refractivity contribution in [1.82, 2.24) is 15.6 Å². The predicted molar refractivity (Wildman–Crippen MR) is 62.9 cm³/mol. The Bertz CT molecular complexity index is 406. The summed E-state index contributed by atoms with van der Waals surface area (Å²) in [5.41, 5.74) is 6.91. The Labute approximate surface area is 99.6 Å². The van der Waals surface area contributed by atoms with Gasteiger partial charge in [-0.3, -0.25) is 14.6 Å². The maximum absolute atomic E-state index is 11.4. The van der Waals surface area contributed by atoms with Gasteiger partial charge in [-0.2, -0.15) is 0 Å². The van der Waals surface area contributed by atoms with Crippen LogP contribution in [-0.4, -0.2) is 29.9 Å². The molecule has 1 rings (SSSR count). The lowest BCUT2D eigenvalue weighted by molar-refractivity contribution is -0.125. The summed E-state index contributed by atoms with van der Waals surface area (Å²) in [7, 11) is 0. The smallest absolute Gasteiger partial charge is 0.239 e. The van der Waals surface area contributed by atoms with Crippen molar-refractivity contribution in [3.63, 3.8) is 0 Å². The second-order valence-corrected chi connectivity index (χ2v) is 3.52. The third-order valence-corrected chi connectivity index (χ3v) is 2.20. The summed E-state index contributed by atoms with van der Waals surface area (Å²) in [6.07, 6.45) is 1.67. The maximum atomic E-state index is 11.4. The molecule has 0 unspecified atom stereocenters. The fourth-order valence-corrected chi connectivity index (χ4v) is 1.20. The molecule has 2 amide bonds. The Hall–Kier alpha value is -1.95. The van der Waals surface area contributed by atoms with Crippen LogP contribution in [-0.2, 0) is 16.1 Å². The van der Waals surface area contributed by atoms with Crippen LogP contribution in [0.3, 0.4) is 0 Å². The number of rotatable bonds is 5. The quantitative estimate of drug-likeness (QED) is 0.616. The van der Waals surface area contributed by atoms with E-state index in [2.05, 4.69) is 15.6 Å². The Morgan fingerprint density at radius 3 is 2.76 bits per heavy atom. The minimum Gasteiger partial charge on any atom is -0.349 e. The number of aromatic nitrogens is 1. The standard InChI is InChI=1S/C11H16N4O2/c1-8-3-2-4-13-9(8)6-14-11(17)7-15-10(16)5-12/h2-4H,5-7,12H2,1H3,(H,14,17)(H,15,16). The maximum Gasteiger partial charge on any atom is 0.239 e. The van der Waals surface area contributed by atoms with Crippen LogP contribution in [0.2, 0.25) is 0 Å². The fraction of sp³-hybridized carbons (Fsp3) is 0.364. The molecule has 6 heteroatoms. The van der Waals surface area contributed by atoms with Gasteiger partial charge in [-0.25, -0.2) is 0 Å². The zero-order valence-electron chi connectivity index (χ0n) is 9.69. The van der Waals surface area contributed by atoms with E-state index in [1.54, 1.807) is 6.20 Å². The lowest BCUT2D eigenvalue weighted by atomic mass is 10.2. The van der Waals surface area contributed by atoms with Crippen LogP contribution in [0, 0.1) is 6.92 Å². The first-order valence-electron chi connectivity index (χ1n) is 5.27. The summed E-state index contributed by atoms with van der Waals surface area (Å²) in [6, 6.07) is 3.76. The third kappa shape index (κ3) is 4.60. The van der Waals surface area contributed by atoms with Crippen molar-refractivity contribution in [3.8, 4) is 0 Å². The van der Waals surface area contributed by atoms with E-state index in [0.717, 1.165) is 11.3 Å². The molecule has 0 fully saturated rings. The highest BCUT2D eigenvalue weighted by Crippen LogP contribution is 2.01. The summed E-state index contributed by atoms with van der Waals surface area (Å²) in [5.74, 6) is -0.619. The minimum absolute atomic E-state index is 0.0675. The lowest BCUT2D eigenvalue weighted by Gasteiger charge is -2.07. The fourth-order valence-electron chi connectivity index (χ4n) is 1.20. The van der Waals surface area contributed by atoms with Crippen LogP contribution in [0.1, 0.15) is 11.3 Å². The number of hydrogen-bond acceptors (Lipinski definition) is 4. The van der Waals surface area contributed by atoms with Crippen LogP contribution in [0.5, 0.6) is 0 Å². The first kappa shape index (κ1) is 13.1. The van der Waals surface area contributed by atoms with Crippen molar-refractivity contribution in [3.05, 3.63) is 29.6 Å². The number of hydrogen-bond donors (Lipinski definition) is 3. The monoisotopic (exact) mass is 236 g/mol. The van der Waals surface area contributed by atoms with Gasteiger partial charge in [0.15, 0.2) is 0 Å². The molecule has 0 aliphatic carbocycles. The van der Waals surface area contributed by atoms with Crippen molar-refractivity contribution in [2.45, 2.75) is 13.5 Å². The van der Waals surface area contributed by atoms with Crippen LogP contribution in [0.25, 0.3) is 0 Å². The van der Waals surface area contributed by atoms with Crippen molar-refractivity contribution in [2.24, 2.45) is 5.73 Å². The Balaban J connectivity index is 2.34.